The third kappa shape index (κ3) is 3.82. The van der Waals surface area contributed by atoms with Crippen LogP contribution >= 0.6 is 0 Å². The first-order valence-electron chi connectivity index (χ1n) is 3.51. The number of hydrogen-bond acceptors (Lipinski definition) is 3. The van der Waals surface area contributed by atoms with Crippen LogP contribution in [-0.2, 0) is 14.3 Å². The molecule has 0 atom stereocenters. The third-order valence-electron chi connectivity index (χ3n) is 1.22. The lowest BCUT2D eigenvalue weighted by molar-refractivity contribution is -0.362. The van der Waals surface area contributed by atoms with Gasteiger partial charge in [-0.25, -0.2) is 9.18 Å². The van der Waals surface area contributed by atoms with Gasteiger partial charge in [0.15, 0.2) is 13.5 Å². The first kappa shape index (κ1) is 13.8. The fraction of sp³-hybridized carbons (Fsp3) is 0.571. The minimum atomic E-state index is -5.04. The number of rotatable bonds is 6. The summed E-state index contributed by atoms with van der Waals surface area (Å²) in [5.74, 6) is -6.11. The molecule has 0 heterocycles. The van der Waals surface area contributed by atoms with Crippen LogP contribution in [0.25, 0.3) is 0 Å². The molecule has 3 nitrogen and oxygen atoms in total. The first-order chi connectivity index (χ1) is 6.77. The van der Waals surface area contributed by atoms with Crippen molar-refractivity contribution < 1.29 is 36.2 Å². The van der Waals surface area contributed by atoms with Crippen molar-refractivity contribution in [2.75, 3.05) is 13.5 Å². The molecule has 8 heteroatoms. The Balaban J connectivity index is 4.39. The quantitative estimate of drug-likeness (QED) is 0.400. The summed E-state index contributed by atoms with van der Waals surface area (Å²) in [5, 5.41) is 0. The van der Waals surface area contributed by atoms with E-state index in [-0.39, 0.29) is 0 Å². The number of carbonyl (C=O) groups is 1. The molecule has 0 spiro atoms. The van der Waals surface area contributed by atoms with Crippen LogP contribution in [0.1, 0.15) is 0 Å². The van der Waals surface area contributed by atoms with Crippen LogP contribution in [0.2, 0.25) is 0 Å². The molecule has 0 unspecified atom stereocenters. The fourth-order valence-electron chi connectivity index (χ4n) is 0.479. The molecule has 0 radical (unpaired) electrons. The molecule has 88 valence electrons. The van der Waals surface area contributed by atoms with Gasteiger partial charge in [0.05, 0.1) is 0 Å². The molecule has 0 aromatic heterocycles. The summed E-state index contributed by atoms with van der Waals surface area (Å²) in [7, 11) is 0. The van der Waals surface area contributed by atoms with E-state index >= 15 is 0 Å². The highest BCUT2D eigenvalue weighted by Crippen LogP contribution is 2.35. The Morgan fingerprint density at radius 2 is 1.87 bits per heavy atom. The molecule has 0 aromatic rings. The maximum absolute atomic E-state index is 12.5. The highest BCUT2D eigenvalue weighted by molar-refractivity contribution is 5.81. The topological polar surface area (TPSA) is 35.5 Å². The average molecular weight is 234 g/mol. The largest absolute Gasteiger partial charge is 0.456 e. The Kier molecular flexibility index (Phi) is 4.66. The van der Waals surface area contributed by atoms with E-state index in [1.54, 1.807) is 0 Å². The lowest BCUT2D eigenvalue weighted by Crippen LogP contribution is -2.46. The molecule has 0 aliphatic heterocycles. The van der Waals surface area contributed by atoms with Crippen molar-refractivity contribution in [1.29, 1.82) is 0 Å². The second-order valence-corrected chi connectivity index (χ2v) is 2.29. The van der Waals surface area contributed by atoms with E-state index in [4.69, 9.17) is 0 Å². The highest BCUT2D eigenvalue weighted by atomic mass is 19.3. The maximum Gasteiger partial charge on any atom is 0.425 e. The Bertz CT molecular complexity index is 241. The maximum atomic E-state index is 12.5. The summed E-state index contributed by atoms with van der Waals surface area (Å²) in [6.07, 6.45) is -4.52. The smallest absolute Gasteiger partial charge is 0.425 e. The number of halogens is 5. The minimum absolute atomic E-state index is 0.518. The average Bonchev–Trinajstić information content (AvgIpc) is 2.14. The molecule has 0 saturated heterocycles. The van der Waals surface area contributed by atoms with Crippen molar-refractivity contribution >= 4 is 5.97 Å². The molecule has 0 aliphatic carbocycles. The van der Waals surface area contributed by atoms with Gasteiger partial charge in [0.25, 0.3) is 0 Å². The number of esters is 1. The molecule has 0 amide bonds. The normalized spacial score (nSPS) is 12.3. The van der Waals surface area contributed by atoms with E-state index in [0.29, 0.717) is 6.08 Å². The summed E-state index contributed by atoms with van der Waals surface area (Å²) in [5.41, 5.74) is 0. The summed E-state index contributed by atoms with van der Waals surface area (Å²) in [6, 6.07) is 0. The molecule has 0 fully saturated rings. The van der Waals surface area contributed by atoms with Gasteiger partial charge in [-0.05, 0) is 0 Å². The zero-order valence-corrected chi connectivity index (χ0v) is 7.31. The van der Waals surface area contributed by atoms with Gasteiger partial charge in [-0.2, -0.15) is 17.6 Å². The molecule has 0 aromatic carbocycles. The van der Waals surface area contributed by atoms with Crippen molar-refractivity contribution in [1.82, 2.24) is 0 Å². The van der Waals surface area contributed by atoms with E-state index in [2.05, 4.69) is 16.1 Å². The van der Waals surface area contributed by atoms with Crippen LogP contribution in [0.3, 0.4) is 0 Å². The van der Waals surface area contributed by atoms with E-state index in [0.717, 1.165) is 0 Å². The third-order valence-corrected chi connectivity index (χ3v) is 1.22. The van der Waals surface area contributed by atoms with Crippen LogP contribution in [0, 0.1) is 0 Å². The fourth-order valence-corrected chi connectivity index (χ4v) is 0.479. The van der Waals surface area contributed by atoms with Gasteiger partial charge in [0, 0.05) is 6.08 Å². The van der Waals surface area contributed by atoms with Gasteiger partial charge in [-0.1, -0.05) is 6.58 Å². The van der Waals surface area contributed by atoms with E-state index < -0.39 is 31.5 Å². The van der Waals surface area contributed by atoms with Gasteiger partial charge in [-0.15, -0.1) is 0 Å². The SMILES string of the molecule is C=CC(=O)OCC(F)(F)C(F)(F)OCF. The number of alkyl halides is 5. The Labute approximate surface area is 81.5 Å². The predicted molar refractivity (Wildman–Crippen MR) is 38.1 cm³/mol. The first-order valence-corrected chi connectivity index (χ1v) is 3.51. The standard InChI is InChI=1S/C7H7F5O3/c1-2-5(13)14-3-6(9,10)7(11,12)15-4-8/h2H,1,3-4H2. The van der Waals surface area contributed by atoms with Crippen LogP contribution < -0.4 is 0 Å². The lowest BCUT2D eigenvalue weighted by atomic mass is 10.3. The molecule has 15 heavy (non-hydrogen) atoms. The summed E-state index contributed by atoms with van der Waals surface area (Å²) in [6.45, 7) is -1.15. The van der Waals surface area contributed by atoms with Crippen molar-refractivity contribution in [2.24, 2.45) is 0 Å². The van der Waals surface area contributed by atoms with Crippen molar-refractivity contribution in [3.8, 4) is 0 Å². The minimum Gasteiger partial charge on any atom is -0.456 e. The van der Waals surface area contributed by atoms with E-state index in [1.807, 2.05) is 0 Å². The molecule has 0 N–H and O–H groups in total. The lowest BCUT2D eigenvalue weighted by Gasteiger charge is -2.24. The number of hydrogen-bond donors (Lipinski definition) is 0. The van der Waals surface area contributed by atoms with Crippen LogP contribution in [-0.4, -0.2) is 31.5 Å². The van der Waals surface area contributed by atoms with Gasteiger partial charge in [0.2, 0.25) is 0 Å². The van der Waals surface area contributed by atoms with Crippen molar-refractivity contribution in [3.05, 3.63) is 12.7 Å². The molecular weight excluding hydrogens is 227 g/mol. The molecule has 0 bridgehead atoms. The Morgan fingerprint density at radius 1 is 1.33 bits per heavy atom. The monoisotopic (exact) mass is 234 g/mol. The molecule has 0 aliphatic rings. The van der Waals surface area contributed by atoms with E-state index in [9.17, 15) is 26.7 Å². The van der Waals surface area contributed by atoms with Crippen LogP contribution in [0.15, 0.2) is 12.7 Å². The summed E-state index contributed by atoms with van der Waals surface area (Å²) in [4.78, 5) is 10.3. The molecule has 0 rings (SSSR count). The summed E-state index contributed by atoms with van der Waals surface area (Å²) < 4.78 is 67.6. The van der Waals surface area contributed by atoms with Gasteiger partial charge < -0.3 is 4.74 Å². The second-order valence-electron chi connectivity index (χ2n) is 2.29. The van der Waals surface area contributed by atoms with E-state index in [1.165, 1.54) is 0 Å². The van der Waals surface area contributed by atoms with Gasteiger partial charge >= 0.3 is 18.0 Å². The molecular formula is C7H7F5O3. The number of ether oxygens (including phenoxy) is 2. The van der Waals surface area contributed by atoms with Gasteiger partial charge in [-0.3, -0.25) is 4.74 Å². The van der Waals surface area contributed by atoms with Crippen LogP contribution in [0.4, 0.5) is 22.0 Å². The summed E-state index contributed by atoms with van der Waals surface area (Å²) >= 11 is 0. The zero-order valence-electron chi connectivity index (χ0n) is 7.31. The Hall–Kier alpha value is -1.18. The van der Waals surface area contributed by atoms with Crippen molar-refractivity contribution in [3.63, 3.8) is 0 Å². The second kappa shape index (κ2) is 5.06. The van der Waals surface area contributed by atoms with Crippen LogP contribution in [0.5, 0.6) is 0 Å². The Morgan fingerprint density at radius 3 is 2.27 bits per heavy atom. The molecule has 0 saturated carbocycles. The zero-order chi connectivity index (χ0) is 12.1. The van der Waals surface area contributed by atoms with Crippen molar-refractivity contribution in [2.45, 2.75) is 12.0 Å². The predicted octanol–water partition coefficient (Wildman–Crippen LogP) is 1.89. The van der Waals surface area contributed by atoms with Gasteiger partial charge in [0.1, 0.15) is 0 Å². The number of carbonyl (C=O) groups excluding carboxylic acids is 1. The highest BCUT2D eigenvalue weighted by Gasteiger charge is 2.59.